The van der Waals surface area contributed by atoms with Gasteiger partial charge >= 0.3 is 0 Å². The zero-order valence-electron chi connectivity index (χ0n) is 11.7. The highest BCUT2D eigenvalue weighted by Crippen LogP contribution is 2.31. The molecule has 0 spiro atoms. The second-order valence-electron chi connectivity index (χ2n) is 5.26. The SMILES string of the molecule is CCc1ccc2c(cc3n2CCCC=C3O)c1CC. The molecule has 2 heteroatoms. The van der Waals surface area contributed by atoms with Crippen LogP contribution in [-0.2, 0) is 19.4 Å². The number of aryl methyl sites for hydroxylation is 3. The van der Waals surface area contributed by atoms with Crippen molar-refractivity contribution in [2.75, 3.05) is 0 Å². The summed E-state index contributed by atoms with van der Waals surface area (Å²) in [6.07, 6.45) is 6.13. The molecule has 2 nitrogen and oxygen atoms in total. The Balaban J connectivity index is 2.32. The lowest BCUT2D eigenvalue weighted by Gasteiger charge is -2.10. The Morgan fingerprint density at radius 2 is 2.05 bits per heavy atom. The van der Waals surface area contributed by atoms with Crippen LogP contribution < -0.4 is 0 Å². The fourth-order valence-corrected chi connectivity index (χ4v) is 3.23. The molecule has 0 unspecified atom stereocenters. The molecule has 1 aliphatic rings. The van der Waals surface area contributed by atoms with E-state index < -0.39 is 0 Å². The van der Waals surface area contributed by atoms with E-state index in [1.807, 2.05) is 6.08 Å². The Bertz CT molecular complexity index is 649. The molecule has 19 heavy (non-hydrogen) atoms. The number of aromatic nitrogens is 1. The highest BCUT2D eigenvalue weighted by Gasteiger charge is 2.16. The number of hydrogen-bond acceptors (Lipinski definition) is 1. The van der Waals surface area contributed by atoms with Crippen LogP contribution in [0, 0.1) is 0 Å². The van der Waals surface area contributed by atoms with Crippen LogP contribution in [0.3, 0.4) is 0 Å². The molecule has 1 N–H and O–H groups in total. The van der Waals surface area contributed by atoms with E-state index in [0.717, 1.165) is 37.9 Å². The fourth-order valence-electron chi connectivity index (χ4n) is 3.23. The summed E-state index contributed by atoms with van der Waals surface area (Å²) in [5.74, 6) is 0.439. The largest absolute Gasteiger partial charge is 0.506 e. The van der Waals surface area contributed by atoms with E-state index in [1.165, 1.54) is 22.0 Å². The quantitative estimate of drug-likeness (QED) is 0.842. The number of fused-ring (bicyclic) bond motifs is 3. The van der Waals surface area contributed by atoms with E-state index in [4.69, 9.17) is 0 Å². The molecule has 0 fully saturated rings. The highest BCUT2D eigenvalue weighted by atomic mass is 16.3. The van der Waals surface area contributed by atoms with Gasteiger partial charge in [-0.3, -0.25) is 0 Å². The monoisotopic (exact) mass is 255 g/mol. The van der Waals surface area contributed by atoms with Crippen LogP contribution >= 0.6 is 0 Å². The standard InChI is InChI=1S/C17H21NO/c1-3-12-8-9-15-14(13(12)4-2)11-16-17(19)7-5-6-10-18(15)16/h7-9,11,19H,3-6,10H2,1-2H3. The Morgan fingerprint density at radius 1 is 1.21 bits per heavy atom. The van der Waals surface area contributed by atoms with Crippen LogP contribution in [-0.4, -0.2) is 9.67 Å². The van der Waals surface area contributed by atoms with E-state index >= 15 is 0 Å². The summed E-state index contributed by atoms with van der Waals surface area (Å²) in [7, 11) is 0. The minimum absolute atomic E-state index is 0.439. The Hall–Kier alpha value is -1.70. The van der Waals surface area contributed by atoms with E-state index in [0.29, 0.717) is 5.76 Å². The van der Waals surface area contributed by atoms with Crippen molar-refractivity contribution in [1.29, 1.82) is 0 Å². The van der Waals surface area contributed by atoms with Gasteiger partial charge in [-0.2, -0.15) is 0 Å². The molecule has 3 rings (SSSR count). The van der Waals surface area contributed by atoms with Gasteiger partial charge in [-0.15, -0.1) is 0 Å². The second kappa shape index (κ2) is 4.76. The zero-order chi connectivity index (χ0) is 13.4. The van der Waals surface area contributed by atoms with E-state index in [1.54, 1.807) is 0 Å². The predicted molar refractivity (Wildman–Crippen MR) is 80.5 cm³/mol. The maximum absolute atomic E-state index is 10.2. The average Bonchev–Trinajstić information content (AvgIpc) is 2.71. The van der Waals surface area contributed by atoms with Gasteiger partial charge < -0.3 is 9.67 Å². The molecule has 0 saturated heterocycles. The minimum atomic E-state index is 0.439. The van der Waals surface area contributed by atoms with Gasteiger partial charge in [0.2, 0.25) is 0 Å². The number of aliphatic hydroxyl groups is 1. The Kier molecular flexibility index (Phi) is 3.09. The molecule has 0 saturated carbocycles. The Labute approximate surface area is 114 Å². The molecule has 100 valence electrons. The third-order valence-electron chi connectivity index (χ3n) is 4.21. The Morgan fingerprint density at radius 3 is 2.79 bits per heavy atom. The number of hydrogen-bond donors (Lipinski definition) is 1. The molecule has 2 heterocycles. The molecule has 0 radical (unpaired) electrons. The van der Waals surface area contributed by atoms with Crippen molar-refractivity contribution in [2.24, 2.45) is 0 Å². The summed E-state index contributed by atoms with van der Waals surface area (Å²) in [5.41, 5.74) is 5.12. The maximum Gasteiger partial charge on any atom is 0.135 e. The first-order chi connectivity index (χ1) is 9.26. The summed E-state index contributed by atoms with van der Waals surface area (Å²) in [5, 5.41) is 11.5. The van der Waals surface area contributed by atoms with Gasteiger partial charge in [-0.05, 0) is 55.0 Å². The zero-order valence-corrected chi connectivity index (χ0v) is 11.7. The van der Waals surface area contributed by atoms with Gasteiger partial charge in [-0.25, -0.2) is 0 Å². The summed E-state index contributed by atoms with van der Waals surface area (Å²) >= 11 is 0. The first-order valence-electron chi connectivity index (χ1n) is 7.29. The van der Waals surface area contributed by atoms with Crippen molar-refractivity contribution in [3.63, 3.8) is 0 Å². The van der Waals surface area contributed by atoms with Gasteiger partial charge in [0.05, 0.1) is 5.69 Å². The summed E-state index contributed by atoms with van der Waals surface area (Å²) < 4.78 is 2.27. The molecule has 0 aliphatic carbocycles. The molecule has 0 bridgehead atoms. The third-order valence-corrected chi connectivity index (χ3v) is 4.21. The number of allylic oxidation sites excluding steroid dienone is 1. The third kappa shape index (κ3) is 1.86. The molecular weight excluding hydrogens is 234 g/mol. The highest BCUT2D eigenvalue weighted by molar-refractivity contribution is 5.89. The van der Waals surface area contributed by atoms with Gasteiger partial charge in [0.25, 0.3) is 0 Å². The van der Waals surface area contributed by atoms with Gasteiger partial charge in [-0.1, -0.05) is 19.9 Å². The minimum Gasteiger partial charge on any atom is -0.506 e. The van der Waals surface area contributed by atoms with Crippen molar-refractivity contribution in [2.45, 2.75) is 46.1 Å². The fraction of sp³-hybridized carbons (Fsp3) is 0.412. The van der Waals surface area contributed by atoms with E-state index in [9.17, 15) is 5.11 Å². The summed E-state index contributed by atoms with van der Waals surface area (Å²) in [6, 6.07) is 6.64. The summed E-state index contributed by atoms with van der Waals surface area (Å²) in [6.45, 7) is 5.42. The van der Waals surface area contributed by atoms with Crippen molar-refractivity contribution in [1.82, 2.24) is 4.57 Å². The smallest absolute Gasteiger partial charge is 0.135 e. The van der Waals surface area contributed by atoms with Crippen LogP contribution in [0.1, 0.15) is 43.5 Å². The van der Waals surface area contributed by atoms with Gasteiger partial charge in [0.1, 0.15) is 5.76 Å². The number of nitrogens with zero attached hydrogens (tertiary/aromatic N) is 1. The number of benzene rings is 1. The molecule has 0 amide bonds. The van der Waals surface area contributed by atoms with Crippen molar-refractivity contribution in [3.05, 3.63) is 41.1 Å². The van der Waals surface area contributed by atoms with Crippen molar-refractivity contribution in [3.8, 4) is 0 Å². The molecular formula is C17H21NO. The number of rotatable bonds is 2. The average molecular weight is 255 g/mol. The topological polar surface area (TPSA) is 25.2 Å². The summed E-state index contributed by atoms with van der Waals surface area (Å²) in [4.78, 5) is 0. The van der Waals surface area contributed by atoms with Crippen LogP contribution in [0.4, 0.5) is 0 Å². The van der Waals surface area contributed by atoms with Crippen molar-refractivity contribution < 1.29 is 5.11 Å². The van der Waals surface area contributed by atoms with E-state index in [-0.39, 0.29) is 0 Å². The van der Waals surface area contributed by atoms with Crippen molar-refractivity contribution >= 4 is 16.7 Å². The van der Waals surface area contributed by atoms with Crippen LogP contribution in [0.25, 0.3) is 16.7 Å². The van der Waals surface area contributed by atoms with Gasteiger partial charge in [0, 0.05) is 17.4 Å². The van der Waals surface area contributed by atoms with E-state index in [2.05, 4.69) is 36.6 Å². The second-order valence-corrected chi connectivity index (χ2v) is 5.26. The van der Waals surface area contributed by atoms with Gasteiger partial charge in [0.15, 0.2) is 0 Å². The molecule has 1 aromatic carbocycles. The van der Waals surface area contributed by atoms with Crippen LogP contribution in [0.2, 0.25) is 0 Å². The first-order valence-corrected chi connectivity index (χ1v) is 7.29. The predicted octanol–water partition coefficient (Wildman–Crippen LogP) is 4.46. The van der Waals surface area contributed by atoms with Crippen LogP contribution in [0.5, 0.6) is 0 Å². The molecule has 1 aromatic heterocycles. The number of aliphatic hydroxyl groups excluding tert-OH is 1. The van der Waals surface area contributed by atoms with Crippen LogP contribution in [0.15, 0.2) is 24.3 Å². The lowest BCUT2D eigenvalue weighted by molar-refractivity contribution is 0.504. The lowest BCUT2D eigenvalue weighted by atomic mass is 9.99. The molecule has 1 aliphatic heterocycles. The molecule has 2 aromatic rings. The first kappa shape index (κ1) is 12.3. The lowest BCUT2D eigenvalue weighted by Crippen LogP contribution is -2.00. The maximum atomic E-state index is 10.2. The normalized spacial score (nSPS) is 15.2. The molecule has 0 atom stereocenters.